The Hall–Kier alpha value is -1.29. The van der Waals surface area contributed by atoms with Gasteiger partial charge in [-0.3, -0.25) is 4.90 Å². The van der Waals surface area contributed by atoms with Gasteiger partial charge in [-0.15, -0.1) is 0 Å². The van der Waals surface area contributed by atoms with Gasteiger partial charge in [-0.25, -0.2) is 4.79 Å². The molecule has 2 heterocycles. The van der Waals surface area contributed by atoms with Gasteiger partial charge in [-0.1, -0.05) is 6.92 Å². The van der Waals surface area contributed by atoms with E-state index in [1.54, 1.807) is 12.1 Å². The first-order valence-corrected chi connectivity index (χ1v) is 5.85. The summed E-state index contributed by atoms with van der Waals surface area (Å²) in [6.07, 6.45) is 4.25. The standard InChI is InChI=1S/C12H18N2O2/c1-2-13-7-3-5-10(13)9-14-8-4-6-11(14)12(15)16/h4,6,8,10H,2-3,5,7,9H2,1H3,(H,15,16). The van der Waals surface area contributed by atoms with E-state index in [0.29, 0.717) is 11.7 Å². The topological polar surface area (TPSA) is 45.5 Å². The molecule has 0 aliphatic carbocycles. The highest BCUT2D eigenvalue weighted by Crippen LogP contribution is 2.19. The number of likely N-dealkylation sites (N-methyl/N-ethyl adjacent to an activating group) is 1. The van der Waals surface area contributed by atoms with Gasteiger partial charge in [0, 0.05) is 18.8 Å². The predicted molar refractivity (Wildman–Crippen MR) is 61.7 cm³/mol. The predicted octanol–water partition coefficient (Wildman–Crippen LogP) is 1.67. The van der Waals surface area contributed by atoms with E-state index in [0.717, 1.165) is 19.6 Å². The minimum Gasteiger partial charge on any atom is -0.477 e. The molecule has 2 rings (SSSR count). The third-order valence-corrected chi connectivity index (χ3v) is 3.36. The van der Waals surface area contributed by atoms with Gasteiger partial charge in [-0.2, -0.15) is 0 Å². The fourth-order valence-electron chi connectivity index (χ4n) is 2.51. The van der Waals surface area contributed by atoms with Crippen molar-refractivity contribution in [1.82, 2.24) is 9.47 Å². The lowest BCUT2D eigenvalue weighted by atomic mass is 10.2. The van der Waals surface area contributed by atoms with E-state index in [1.165, 1.54) is 12.8 Å². The van der Waals surface area contributed by atoms with E-state index in [2.05, 4.69) is 11.8 Å². The lowest BCUT2D eigenvalue weighted by molar-refractivity contribution is 0.0683. The number of aromatic carboxylic acids is 1. The minimum atomic E-state index is -0.842. The number of hydrogen-bond acceptors (Lipinski definition) is 2. The van der Waals surface area contributed by atoms with E-state index >= 15 is 0 Å². The molecule has 1 fully saturated rings. The SMILES string of the molecule is CCN1CCCC1Cn1cccc1C(=O)O. The molecule has 88 valence electrons. The zero-order valence-corrected chi connectivity index (χ0v) is 9.59. The highest BCUT2D eigenvalue weighted by atomic mass is 16.4. The number of carbonyl (C=O) groups is 1. The average Bonchev–Trinajstić information content (AvgIpc) is 2.86. The Bertz CT molecular complexity index is 373. The molecule has 0 aromatic carbocycles. The summed E-state index contributed by atoms with van der Waals surface area (Å²) in [5.41, 5.74) is 0.392. The van der Waals surface area contributed by atoms with Crippen molar-refractivity contribution >= 4 is 5.97 Å². The van der Waals surface area contributed by atoms with Gasteiger partial charge in [0.05, 0.1) is 0 Å². The van der Waals surface area contributed by atoms with Crippen molar-refractivity contribution in [1.29, 1.82) is 0 Å². The maximum atomic E-state index is 11.0. The Labute approximate surface area is 95.5 Å². The molecule has 1 N–H and O–H groups in total. The van der Waals surface area contributed by atoms with E-state index in [9.17, 15) is 4.79 Å². The summed E-state index contributed by atoms with van der Waals surface area (Å²) in [7, 11) is 0. The minimum absolute atomic E-state index is 0.392. The molecule has 0 spiro atoms. The van der Waals surface area contributed by atoms with Crippen molar-refractivity contribution in [2.24, 2.45) is 0 Å². The van der Waals surface area contributed by atoms with Gasteiger partial charge >= 0.3 is 5.97 Å². The zero-order valence-electron chi connectivity index (χ0n) is 9.59. The summed E-state index contributed by atoms with van der Waals surface area (Å²) in [6.45, 7) is 5.15. The van der Waals surface area contributed by atoms with Crippen molar-refractivity contribution in [3.05, 3.63) is 24.0 Å². The third-order valence-electron chi connectivity index (χ3n) is 3.36. The Morgan fingerprint density at radius 2 is 2.44 bits per heavy atom. The van der Waals surface area contributed by atoms with Crippen LogP contribution in [-0.2, 0) is 6.54 Å². The van der Waals surface area contributed by atoms with Crippen LogP contribution in [0.5, 0.6) is 0 Å². The monoisotopic (exact) mass is 222 g/mol. The molecule has 16 heavy (non-hydrogen) atoms. The normalized spacial score (nSPS) is 21.4. The largest absolute Gasteiger partial charge is 0.477 e. The molecule has 0 saturated carbocycles. The molecule has 0 radical (unpaired) electrons. The van der Waals surface area contributed by atoms with E-state index < -0.39 is 5.97 Å². The second-order valence-corrected chi connectivity index (χ2v) is 4.28. The quantitative estimate of drug-likeness (QED) is 0.843. The van der Waals surface area contributed by atoms with Crippen molar-refractivity contribution in [2.45, 2.75) is 32.4 Å². The molecule has 0 bridgehead atoms. The summed E-state index contributed by atoms with van der Waals surface area (Å²) in [5.74, 6) is -0.842. The second kappa shape index (κ2) is 4.70. The van der Waals surface area contributed by atoms with Gasteiger partial charge in [0.2, 0.25) is 0 Å². The first-order valence-electron chi connectivity index (χ1n) is 5.85. The molecule has 1 atom stereocenters. The average molecular weight is 222 g/mol. The van der Waals surface area contributed by atoms with Gasteiger partial charge in [0.1, 0.15) is 5.69 Å². The van der Waals surface area contributed by atoms with Crippen molar-refractivity contribution < 1.29 is 9.90 Å². The Kier molecular flexibility index (Phi) is 3.29. The number of hydrogen-bond donors (Lipinski definition) is 1. The fraction of sp³-hybridized carbons (Fsp3) is 0.583. The first kappa shape index (κ1) is 11.2. The molecule has 1 aliphatic heterocycles. The molecule has 0 amide bonds. The molecule has 1 aliphatic rings. The van der Waals surface area contributed by atoms with Crippen LogP contribution in [0.2, 0.25) is 0 Å². The van der Waals surface area contributed by atoms with Gasteiger partial charge < -0.3 is 9.67 Å². The second-order valence-electron chi connectivity index (χ2n) is 4.28. The first-order chi connectivity index (χ1) is 7.72. The molecule has 1 aromatic heterocycles. The summed E-state index contributed by atoms with van der Waals surface area (Å²) >= 11 is 0. The van der Waals surface area contributed by atoms with Crippen LogP contribution in [0.25, 0.3) is 0 Å². The van der Waals surface area contributed by atoms with Crippen molar-refractivity contribution in [3.8, 4) is 0 Å². The molecule has 1 aromatic rings. The summed E-state index contributed by atoms with van der Waals surface area (Å²) < 4.78 is 1.85. The molecule has 4 nitrogen and oxygen atoms in total. The maximum Gasteiger partial charge on any atom is 0.352 e. The number of carboxylic acids is 1. The molecule has 1 unspecified atom stereocenters. The Morgan fingerprint density at radius 3 is 3.12 bits per heavy atom. The Morgan fingerprint density at radius 1 is 1.62 bits per heavy atom. The number of carboxylic acid groups (broad SMARTS) is 1. The third kappa shape index (κ3) is 2.11. The number of likely N-dealkylation sites (tertiary alicyclic amines) is 1. The highest BCUT2D eigenvalue weighted by molar-refractivity contribution is 5.85. The molecule has 4 heteroatoms. The van der Waals surface area contributed by atoms with E-state index in [1.807, 2.05) is 10.8 Å². The number of rotatable bonds is 4. The van der Waals surface area contributed by atoms with Crippen LogP contribution in [0.3, 0.4) is 0 Å². The van der Waals surface area contributed by atoms with Crippen LogP contribution in [0.1, 0.15) is 30.3 Å². The van der Waals surface area contributed by atoms with E-state index in [-0.39, 0.29) is 0 Å². The van der Waals surface area contributed by atoms with Crippen LogP contribution < -0.4 is 0 Å². The smallest absolute Gasteiger partial charge is 0.352 e. The maximum absolute atomic E-state index is 11.0. The molecular formula is C12H18N2O2. The summed E-state index contributed by atoms with van der Waals surface area (Å²) in [5, 5.41) is 9.02. The van der Waals surface area contributed by atoms with Crippen LogP contribution in [0.4, 0.5) is 0 Å². The van der Waals surface area contributed by atoms with Crippen LogP contribution in [0, 0.1) is 0 Å². The van der Waals surface area contributed by atoms with E-state index in [4.69, 9.17) is 5.11 Å². The van der Waals surface area contributed by atoms with Crippen LogP contribution in [-0.4, -0.2) is 39.7 Å². The van der Waals surface area contributed by atoms with Gasteiger partial charge in [-0.05, 0) is 38.1 Å². The lowest BCUT2D eigenvalue weighted by Gasteiger charge is -2.23. The lowest BCUT2D eigenvalue weighted by Crippen LogP contribution is -2.33. The van der Waals surface area contributed by atoms with Gasteiger partial charge in [0.15, 0.2) is 0 Å². The van der Waals surface area contributed by atoms with Crippen molar-refractivity contribution in [2.75, 3.05) is 13.1 Å². The number of nitrogens with zero attached hydrogens (tertiary/aromatic N) is 2. The van der Waals surface area contributed by atoms with Crippen LogP contribution in [0.15, 0.2) is 18.3 Å². The van der Waals surface area contributed by atoms with Crippen LogP contribution >= 0.6 is 0 Å². The summed E-state index contributed by atoms with van der Waals surface area (Å²) in [4.78, 5) is 13.4. The summed E-state index contributed by atoms with van der Waals surface area (Å²) in [6, 6.07) is 3.96. The molecule has 1 saturated heterocycles. The van der Waals surface area contributed by atoms with Crippen molar-refractivity contribution in [3.63, 3.8) is 0 Å². The Balaban J connectivity index is 2.08. The zero-order chi connectivity index (χ0) is 11.5. The highest BCUT2D eigenvalue weighted by Gasteiger charge is 2.24. The molecular weight excluding hydrogens is 204 g/mol. The number of aromatic nitrogens is 1. The fourth-order valence-corrected chi connectivity index (χ4v) is 2.51. The van der Waals surface area contributed by atoms with Gasteiger partial charge in [0.25, 0.3) is 0 Å².